The average molecular weight is 276 g/mol. The maximum atomic E-state index is 11.9. The monoisotopic (exact) mass is 276 g/mol. The Morgan fingerprint density at radius 1 is 1.25 bits per heavy atom. The number of morpholine rings is 1. The van der Waals surface area contributed by atoms with Gasteiger partial charge in [-0.3, -0.25) is 9.59 Å². The van der Waals surface area contributed by atoms with E-state index in [1.807, 2.05) is 31.2 Å². The van der Waals surface area contributed by atoms with Gasteiger partial charge in [0.05, 0.1) is 13.2 Å². The molecule has 1 aliphatic rings. The van der Waals surface area contributed by atoms with Gasteiger partial charge in [0.2, 0.25) is 11.8 Å². The molecule has 0 aliphatic carbocycles. The van der Waals surface area contributed by atoms with Crippen molar-refractivity contribution >= 4 is 11.8 Å². The molecule has 0 unspecified atom stereocenters. The van der Waals surface area contributed by atoms with Gasteiger partial charge in [0.1, 0.15) is 6.42 Å². The van der Waals surface area contributed by atoms with Crippen molar-refractivity contribution in [2.24, 2.45) is 0 Å². The van der Waals surface area contributed by atoms with Crippen molar-refractivity contribution in [3.63, 3.8) is 0 Å². The minimum Gasteiger partial charge on any atom is -0.378 e. The molecule has 0 radical (unpaired) electrons. The summed E-state index contributed by atoms with van der Waals surface area (Å²) in [6, 6.07) is 7.87. The number of benzene rings is 1. The molecule has 20 heavy (non-hydrogen) atoms. The third-order valence-corrected chi connectivity index (χ3v) is 3.41. The zero-order valence-electron chi connectivity index (χ0n) is 11.7. The van der Waals surface area contributed by atoms with Crippen LogP contribution in [0.3, 0.4) is 0 Å². The van der Waals surface area contributed by atoms with Gasteiger partial charge in [-0.15, -0.1) is 0 Å². The maximum absolute atomic E-state index is 11.9. The van der Waals surface area contributed by atoms with Crippen LogP contribution >= 0.6 is 0 Å². The Morgan fingerprint density at radius 3 is 2.65 bits per heavy atom. The lowest BCUT2D eigenvalue weighted by Gasteiger charge is -2.26. The van der Waals surface area contributed by atoms with Crippen molar-refractivity contribution in [2.75, 3.05) is 26.3 Å². The van der Waals surface area contributed by atoms with E-state index in [-0.39, 0.29) is 18.2 Å². The molecule has 1 N–H and O–H groups in total. The van der Waals surface area contributed by atoms with Crippen LogP contribution in [0.4, 0.5) is 0 Å². The molecule has 2 amide bonds. The van der Waals surface area contributed by atoms with E-state index in [0.29, 0.717) is 32.8 Å². The summed E-state index contributed by atoms with van der Waals surface area (Å²) in [5, 5.41) is 2.79. The topological polar surface area (TPSA) is 58.6 Å². The summed E-state index contributed by atoms with van der Waals surface area (Å²) in [7, 11) is 0. The van der Waals surface area contributed by atoms with E-state index in [9.17, 15) is 9.59 Å². The Balaban J connectivity index is 1.77. The molecule has 108 valence electrons. The average Bonchev–Trinajstić information content (AvgIpc) is 2.47. The highest BCUT2D eigenvalue weighted by Gasteiger charge is 2.19. The van der Waals surface area contributed by atoms with Crippen LogP contribution in [-0.2, 0) is 20.9 Å². The zero-order chi connectivity index (χ0) is 14.4. The smallest absolute Gasteiger partial charge is 0.232 e. The number of nitrogens with zero attached hydrogens (tertiary/aromatic N) is 1. The fourth-order valence-corrected chi connectivity index (χ4v) is 2.13. The van der Waals surface area contributed by atoms with Crippen LogP contribution in [0.2, 0.25) is 0 Å². The van der Waals surface area contributed by atoms with Crippen molar-refractivity contribution in [2.45, 2.75) is 19.9 Å². The Labute approximate surface area is 118 Å². The van der Waals surface area contributed by atoms with Gasteiger partial charge in [-0.25, -0.2) is 0 Å². The number of carbonyl (C=O) groups is 2. The summed E-state index contributed by atoms with van der Waals surface area (Å²) in [6.07, 6.45) is -0.0914. The van der Waals surface area contributed by atoms with E-state index in [2.05, 4.69) is 5.32 Å². The molecule has 2 rings (SSSR count). The lowest BCUT2D eigenvalue weighted by atomic mass is 10.1. The Kier molecular flexibility index (Phi) is 5.12. The second-order valence-corrected chi connectivity index (χ2v) is 4.87. The first kappa shape index (κ1) is 14.5. The molecule has 5 nitrogen and oxygen atoms in total. The molecule has 0 atom stereocenters. The summed E-state index contributed by atoms with van der Waals surface area (Å²) in [6.45, 7) is 4.71. The van der Waals surface area contributed by atoms with Gasteiger partial charge in [-0.05, 0) is 18.1 Å². The second kappa shape index (κ2) is 7.05. The molecule has 0 aromatic heterocycles. The quantitative estimate of drug-likeness (QED) is 0.830. The number of nitrogens with one attached hydrogen (secondary N) is 1. The Bertz CT molecular complexity index is 482. The number of aryl methyl sites for hydroxylation is 1. The van der Waals surface area contributed by atoms with Crippen LogP contribution in [0.5, 0.6) is 0 Å². The molecule has 1 aliphatic heterocycles. The normalized spacial score (nSPS) is 14.9. The largest absolute Gasteiger partial charge is 0.378 e. The van der Waals surface area contributed by atoms with Crippen molar-refractivity contribution in [1.29, 1.82) is 0 Å². The van der Waals surface area contributed by atoms with E-state index in [4.69, 9.17) is 4.74 Å². The highest BCUT2D eigenvalue weighted by atomic mass is 16.5. The minimum absolute atomic E-state index is 0.0914. The maximum Gasteiger partial charge on any atom is 0.232 e. The van der Waals surface area contributed by atoms with Crippen molar-refractivity contribution in [1.82, 2.24) is 10.2 Å². The molecule has 1 fully saturated rings. The third-order valence-electron chi connectivity index (χ3n) is 3.41. The summed E-state index contributed by atoms with van der Waals surface area (Å²) in [4.78, 5) is 25.4. The van der Waals surface area contributed by atoms with Crippen molar-refractivity contribution in [3.05, 3.63) is 35.4 Å². The molecule has 1 saturated heterocycles. The van der Waals surface area contributed by atoms with Crippen LogP contribution < -0.4 is 5.32 Å². The summed E-state index contributed by atoms with van der Waals surface area (Å²) < 4.78 is 5.18. The first-order valence-corrected chi connectivity index (χ1v) is 6.83. The summed E-state index contributed by atoms with van der Waals surface area (Å²) >= 11 is 0. The van der Waals surface area contributed by atoms with Gasteiger partial charge in [-0.1, -0.05) is 24.3 Å². The lowest BCUT2D eigenvalue weighted by Crippen LogP contribution is -2.42. The number of carbonyl (C=O) groups excluding carboxylic acids is 2. The predicted molar refractivity (Wildman–Crippen MR) is 75.0 cm³/mol. The number of hydrogen-bond donors (Lipinski definition) is 1. The van der Waals surface area contributed by atoms with Gasteiger partial charge in [0.15, 0.2) is 0 Å². The fourth-order valence-electron chi connectivity index (χ4n) is 2.13. The molecule has 5 heteroatoms. The van der Waals surface area contributed by atoms with Gasteiger partial charge in [0.25, 0.3) is 0 Å². The Hall–Kier alpha value is -1.88. The second-order valence-electron chi connectivity index (χ2n) is 4.87. The highest BCUT2D eigenvalue weighted by Crippen LogP contribution is 2.06. The van der Waals surface area contributed by atoms with Crippen LogP contribution in [0, 0.1) is 6.92 Å². The molecular weight excluding hydrogens is 256 g/mol. The predicted octanol–water partition coefficient (Wildman–Crippen LogP) is 0.860. The number of hydrogen-bond acceptors (Lipinski definition) is 3. The van der Waals surface area contributed by atoms with Crippen LogP contribution in [-0.4, -0.2) is 43.0 Å². The van der Waals surface area contributed by atoms with E-state index in [0.717, 1.165) is 11.1 Å². The van der Waals surface area contributed by atoms with E-state index in [1.54, 1.807) is 4.90 Å². The minimum atomic E-state index is -0.232. The van der Waals surface area contributed by atoms with Crippen molar-refractivity contribution < 1.29 is 14.3 Å². The molecule has 0 saturated carbocycles. The molecule has 1 aromatic carbocycles. The van der Waals surface area contributed by atoms with E-state index < -0.39 is 0 Å². The lowest BCUT2D eigenvalue weighted by molar-refractivity contribution is -0.139. The number of rotatable bonds is 4. The molecule has 1 heterocycles. The third kappa shape index (κ3) is 4.06. The van der Waals surface area contributed by atoms with Crippen LogP contribution in [0.15, 0.2) is 24.3 Å². The SMILES string of the molecule is Cc1ccccc1CNC(=O)CC(=O)N1CCOCC1. The van der Waals surface area contributed by atoms with E-state index in [1.165, 1.54) is 0 Å². The molecule has 1 aromatic rings. The molecule has 0 spiro atoms. The first-order chi connectivity index (χ1) is 9.66. The molecule has 0 bridgehead atoms. The highest BCUT2D eigenvalue weighted by molar-refractivity contribution is 5.96. The van der Waals surface area contributed by atoms with Crippen molar-refractivity contribution in [3.8, 4) is 0 Å². The summed E-state index contributed by atoms with van der Waals surface area (Å²) in [5.41, 5.74) is 2.20. The van der Waals surface area contributed by atoms with Crippen LogP contribution in [0.25, 0.3) is 0 Å². The number of ether oxygens (including phenoxy) is 1. The fraction of sp³-hybridized carbons (Fsp3) is 0.467. The van der Waals surface area contributed by atoms with Gasteiger partial charge in [-0.2, -0.15) is 0 Å². The first-order valence-electron chi connectivity index (χ1n) is 6.83. The van der Waals surface area contributed by atoms with Gasteiger partial charge >= 0.3 is 0 Å². The zero-order valence-corrected chi connectivity index (χ0v) is 11.7. The van der Waals surface area contributed by atoms with Gasteiger partial charge in [0, 0.05) is 19.6 Å². The summed E-state index contributed by atoms with van der Waals surface area (Å²) in [5.74, 6) is -0.361. The number of amides is 2. The Morgan fingerprint density at radius 2 is 1.95 bits per heavy atom. The molecular formula is C15H20N2O3. The van der Waals surface area contributed by atoms with Crippen LogP contribution in [0.1, 0.15) is 17.5 Å². The standard InChI is InChI=1S/C15H20N2O3/c1-12-4-2-3-5-13(12)11-16-14(18)10-15(19)17-6-8-20-9-7-17/h2-5H,6-11H2,1H3,(H,16,18). The van der Waals surface area contributed by atoms with E-state index >= 15 is 0 Å². The van der Waals surface area contributed by atoms with Gasteiger partial charge < -0.3 is 15.0 Å².